The first kappa shape index (κ1) is 16.4. The maximum Gasteiger partial charge on any atom is 0.347 e. The van der Waals surface area contributed by atoms with Crippen molar-refractivity contribution in [2.24, 2.45) is 0 Å². The third kappa shape index (κ3) is 3.26. The lowest BCUT2D eigenvalue weighted by molar-refractivity contribution is -0.145. The number of sulfonamides is 1. The van der Waals surface area contributed by atoms with Gasteiger partial charge in [0.1, 0.15) is 0 Å². The van der Waals surface area contributed by atoms with Gasteiger partial charge < -0.3 is 9.47 Å². The summed E-state index contributed by atoms with van der Waals surface area (Å²) in [5.74, 6) is -1.29. The van der Waals surface area contributed by atoms with E-state index in [0.717, 1.165) is 0 Å². The Labute approximate surface area is 127 Å². The second-order valence-corrected chi connectivity index (χ2v) is 6.41. The van der Waals surface area contributed by atoms with Gasteiger partial charge in [0.15, 0.2) is 0 Å². The second-order valence-electron chi connectivity index (χ2n) is 4.47. The monoisotopic (exact) mass is 329 g/mol. The van der Waals surface area contributed by atoms with E-state index in [1.165, 1.54) is 38.4 Å². The van der Waals surface area contributed by atoms with Gasteiger partial charge >= 0.3 is 11.9 Å². The Balaban J connectivity index is 2.12. The number of rotatable bonds is 5. The molecule has 120 valence electrons. The van der Waals surface area contributed by atoms with Gasteiger partial charge in [0, 0.05) is 13.5 Å². The molecule has 0 aliphatic carbocycles. The zero-order valence-corrected chi connectivity index (χ0v) is 12.8. The number of nitrogens with zero attached hydrogens (tertiary/aromatic N) is 1. The van der Waals surface area contributed by atoms with Crippen molar-refractivity contribution in [1.82, 2.24) is 4.47 Å². The number of carbonyl (C=O) groups excluding carboxylic acids is 2. The maximum atomic E-state index is 12.0. The summed E-state index contributed by atoms with van der Waals surface area (Å²) in [6.45, 7) is 0.220. The number of esters is 2. The first-order valence-corrected chi connectivity index (χ1v) is 7.81. The molecule has 0 saturated carbocycles. The largest absolute Gasteiger partial charge is 0.463 e. The molecular formula is C13H15NO7S. The van der Waals surface area contributed by atoms with Gasteiger partial charge in [-0.15, -0.1) is 0 Å². The highest BCUT2D eigenvalue weighted by Crippen LogP contribution is 2.17. The zero-order chi connectivity index (χ0) is 16.3. The molecule has 1 aliphatic rings. The van der Waals surface area contributed by atoms with E-state index in [1.54, 1.807) is 0 Å². The molecule has 1 fully saturated rings. The lowest BCUT2D eigenvalue weighted by Crippen LogP contribution is -2.26. The van der Waals surface area contributed by atoms with Crippen molar-refractivity contribution >= 4 is 22.0 Å². The lowest BCUT2D eigenvalue weighted by Gasteiger charge is -2.14. The second kappa shape index (κ2) is 6.42. The van der Waals surface area contributed by atoms with Crippen molar-refractivity contribution < 1.29 is 32.3 Å². The topological polar surface area (TPSA) is 99.2 Å². The van der Waals surface area contributed by atoms with E-state index in [0.29, 0.717) is 10.9 Å². The highest BCUT2D eigenvalue weighted by molar-refractivity contribution is 7.89. The molecule has 22 heavy (non-hydrogen) atoms. The number of hydrogen-bond acceptors (Lipinski definition) is 7. The Morgan fingerprint density at radius 2 is 1.95 bits per heavy atom. The summed E-state index contributed by atoms with van der Waals surface area (Å²) in [4.78, 5) is 27.7. The molecule has 0 radical (unpaired) electrons. The van der Waals surface area contributed by atoms with Crippen molar-refractivity contribution in [3.8, 4) is 0 Å². The van der Waals surface area contributed by atoms with E-state index in [4.69, 9.17) is 4.74 Å². The Bertz CT molecular complexity index is 668. The molecule has 1 aromatic carbocycles. The minimum absolute atomic E-state index is 0.0336. The Hall–Kier alpha value is -1.97. The van der Waals surface area contributed by atoms with Crippen LogP contribution in [0.2, 0.25) is 0 Å². The summed E-state index contributed by atoms with van der Waals surface area (Å²) >= 11 is 0. The van der Waals surface area contributed by atoms with Crippen molar-refractivity contribution in [2.45, 2.75) is 17.4 Å². The van der Waals surface area contributed by atoms with Crippen LogP contribution in [0.5, 0.6) is 0 Å². The average Bonchev–Trinajstić information content (AvgIpc) is 2.91. The maximum absolute atomic E-state index is 12.0. The standard InChI is InChI=1S/C13H15NO7S/c1-14(19-2)22(17,18)10-5-3-9(4-6-10)12(15)21-11-7-8-20-13(11)16/h3-6,11H,7-8H2,1-2H3/t11-/m1/s1. The van der Waals surface area contributed by atoms with E-state index in [1.807, 2.05) is 0 Å². The van der Waals surface area contributed by atoms with Crippen molar-refractivity contribution in [3.63, 3.8) is 0 Å². The molecule has 2 rings (SSSR count). The molecule has 0 N–H and O–H groups in total. The molecule has 0 unspecified atom stereocenters. The highest BCUT2D eigenvalue weighted by atomic mass is 32.2. The fraction of sp³-hybridized carbons (Fsp3) is 0.385. The van der Waals surface area contributed by atoms with Gasteiger partial charge in [-0.05, 0) is 24.3 Å². The van der Waals surface area contributed by atoms with E-state index in [2.05, 4.69) is 9.57 Å². The van der Waals surface area contributed by atoms with Crippen LogP contribution in [0, 0.1) is 0 Å². The van der Waals surface area contributed by atoms with Crippen LogP contribution in [0.3, 0.4) is 0 Å². The number of hydroxylamine groups is 1. The van der Waals surface area contributed by atoms with E-state index in [-0.39, 0.29) is 17.1 Å². The fourth-order valence-corrected chi connectivity index (χ4v) is 2.76. The Morgan fingerprint density at radius 1 is 1.32 bits per heavy atom. The van der Waals surface area contributed by atoms with Crippen LogP contribution in [0.25, 0.3) is 0 Å². The summed E-state index contributed by atoms with van der Waals surface area (Å²) in [5, 5.41) is 0. The van der Waals surface area contributed by atoms with Gasteiger partial charge in [0.05, 0.1) is 24.2 Å². The Kier molecular flexibility index (Phi) is 4.79. The molecule has 1 heterocycles. The zero-order valence-electron chi connectivity index (χ0n) is 12.0. The molecule has 0 bridgehead atoms. The third-order valence-electron chi connectivity index (χ3n) is 3.12. The molecule has 0 aromatic heterocycles. The predicted molar refractivity (Wildman–Crippen MR) is 73.2 cm³/mol. The molecule has 1 aliphatic heterocycles. The van der Waals surface area contributed by atoms with Gasteiger partial charge in [-0.3, -0.25) is 4.84 Å². The quantitative estimate of drug-likeness (QED) is 0.567. The van der Waals surface area contributed by atoms with E-state index in [9.17, 15) is 18.0 Å². The average molecular weight is 329 g/mol. The SMILES string of the molecule is CON(C)S(=O)(=O)c1ccc(C(=O)O[C@@H]2CCOC2=O)cc1. The van der Waals surface area contributed by atoms with Crippen molar-refractivity contribution in [1.29, 1.82) is 0 Å². The first-order valence-electron chi connectivity index (χ1n) is 6.37. The normalized spacial score (nSPS) is 18.3. The number of ether oxygens (including phenoxy) is 2. The molecule has 9 heteroatoms. The summed E-state index contributed by atoms with van der Waals surface area (Å²) in [6, 6.07) is 5.13. The summed E-state index contributed by atoms with van der Waals surface area (Å²) in [5.41, 5.74) is 0.138. The molecular weight excluding hydrogens is 314 g/mol. The molecule has 0 amide bonds. The summed E-state index contributed by atoms with van der Waals surface area (Å²) < 4.78 is 34.4. The van der Waals surface area contributed by atoms with Crippen molar-refractivity contribution in [3.05, 3.63) is 29.8 Å². The molecule has 0 spiro atoms. The molecule has 8 nitrogen and oxygen atoms in total. The predicted octanol–water partition coefficient (Wildman–Crippen LogP) is 0.341. The third-order valence-corrected chi connectivity index (χ3v) is 4.81. The van der Waals surface area contributed by atoms with Gasteiger partial charge in [-0.2, -0.15) is 0 Å². The van der Waals surface area contributed by atoms with Crippen LogP contribution in [0.4, 0.5) is 0 Å². The molecule has 1 atom stereocenters. The Morgan fingerprint density at radius 3 is 2.45 bits per heavy atom. The van der Waals surface area contributed by atoms with Gasteiger partial charge in [-0.25, -0.2) is 18.0 Å². The van der Waals surface area contributed by atoms with Crippen LogP contribution in [-0.2, 0) is 29.1 Å². The van der Waals surface area contributed by atoms with E-state index < -0.39 is 28.1 Å². The van der Waals surface area contributed by atoms with Crippen LogP contribution in [-0.4, -0.2) is 51.7 Å². The number of hydrogen-bond donors (Lipinski definition) is 0. The summed E-state index contributed by atoms with van der Waals surface area (Å²) in [7, 11) is -1.30. The first-order chi connectivity index (χ1) is 10.4. The summed E-state index contributed by atoms with van der Waals surface area (Å²) in [6.07, 6.45) is -0.592. The fourth-order valence-electron chi connectivity index (χ4n) is 1.79. The van der Waals surface area contributed by atoms with Crippen LogP contribution < -0.4 is 0 Å². The van der Waals surface area contributed by atoms with Gasteiger partial charge in [0.25, 0.3) is 10.0 Å². The number of benzene rings is 1. The minimum Gasteiger partial charge on any atom is -0.463 e. The number of cyclic esters (lactones) is 1. The minimum atomic E-state index is -3.78. The lowest BCUT2D eigenvalue weighted by atomic mass is 10.2. The molecule has 1 saturated heterocycles. The molecule has 1 aromatic rings. The van der Waals surface area contributed by atoms with Crippen LogP contribution in [0.1, 0.15) is 16.8 Å². The van der Waals surface area contributed by atoms with Crippen molar-refractivity contribution in [2.75, 3.05) is 20.8 Å². The smallest absolute Gasteiger partial charge is 0.347 e. The van der Waals surface area contributed by atoms with E-state index >= 15 is 0 Å². The van der Waals surface area contributed by atoms with Crippen LogP contribution >= 0.6 is 0 Å². The van der Waals surface area contributed by atoms with Gasteiger partial charge in [0.2, 0.25) is 6.10 Å². The highest BCUT2D eigenvalue weighted by Gasteiger charge is 2.30. The number of carbonyl (C=O) groups is 2. The van der Waals surface area contributed by atoms with Crippen LogP contribution in [0.15, 0.2) is 29.2 Å². The van der Waals surface area contributed by atoms with Gasteiger partial charge in [-0.1, -0.05) is 4.47 Å².